The van der Waals surface area contributed by atoms with Gasteiger partial charge in [0.05, 0.1) is 17.1 Å². The maximum atomic E-state index is 12.2. The van der Waals surface area contributed by atoms with Crippen LogP contribution in [0, 0.1) is 0 Å². The third-order valence-corrected chi connectivity index (χ3v) is 6.05. The molecule has 1 amide bonds. The van der Waals surface area contributed by atoms with Crippen molar-refractivity contribution in [3.63, 3.8) is 0 Å². The third-order valence-electron chi connectivity index (χ3n) is 2.79. The molecular formula is C13H11ClN6OS3. The largest absolute Gasteiger partial charge is 0.323 e. The molecule has 0 aliphatic heterocycles. The van der Waals surface area contributed by atoms with Crippen molar-refractivity contribution < 1.29 is 4.79 Å². The first kappa shape index (κ1) is 17.2. The van der Waals surface area contributed by atoms with Gasteiger partial charge in [-0.3, -0.25) is 4.79 Å². The maximum absolute atomic E-state index is 12.2. The normalized spacial score (nSPS) is 10.8. The number of nitrogens with zero attached hydrogens (tertiary/aromatic N) is 5. The van der Waals surface area contributed by atoms with Gasteiger partial charge in [-0.1, -0.05) is 46.5 Å². The molecule has 0 aliphatic carbocycles. The average Bonchev–Trinajstić information content (AvgIpc) is 3.24. The van der Waals surface area contributed by atoms with Crippen molar-refractivity contribution in [1.82, 2.24) is 25.0 Å². The SMILES string of the molecule is CSc1nnc(SCC(=O)Nc2cc(Cl)ccc2-n2cncn2)s1. The van der Waals surface area contributed by atoms with E-state index in [9.17, 15) is 4.79 Å². The number of benzene rings is 1. The van der Waals surface area contributed by atoms with Gasteiger partial charge in [0.25, 0.3) is 0 Å². The number of amides is 1. The number of aromatic nitrogens is 5. The van der Waals surface area contributed by atoms with E-state index in [0.29, 0.717) is 16.4 Å². The molecule has 0 unspecified atom stereocenters. The Labute approximate surface area is 155 Å². The number of carbonyl (C=O) groups is 1. The molecule has 2 aromatic heterocycles. The summed E-state index contributed by atoms with van der Waals surface area (Å²) in [6.45, 7) is 0. The van der Waals surface area contributed by atoms with Crippen LogP contribution >= 0.6 is 46.5 Å². The van der Waals surface area contributed by atoms with Crippen LogP contribution in [0.2, 0.25) is 5.02 Å². The summed E-state index contributed by atoms with van der Waals surface area (Å²) in [7, 11) is 0. The highest BCUT2D eigenvalue weighted by Gasteiger charge is 2.12. The summed E-state index contributed by atoms with van der Waals surface area (Å²) < 4.78 is 3.20. The molecule has 0 aliphatic rings. The predicted molar refractivity (Wildman–Crippen MR) is 97.4 cm³/mol. The molecule has 0 atom stereocenters. The van der Waals surface area contributed by atoms with Gasteiger partial charge in [-0.05, 0) is 24.5 Å². The quantitative estimate of drug-likeness (QED) is 0.638. The third kappa shape index (κ3) is 4.26. The standard InChI is InChI=1S/C13H11ClN6OS3/c1-22-12-18-19-13(24-12)23-5-11(21)17-9-4-8(14)2-3-10(9)20-7-15-6-16-20/h2-4,6-7H,5H2,1H3,(H,17,21). The highest BCUT2D eigenvalue weighted by atomic mass is 35.5. The molecule has 0 bridgehead atoms. The van der Waals surface area contributed by atoms with Crippen LogP contribution in [-0.2, 0) is 4.79 Å². The van der Waals surface area contributed by atoms with E-state index in [1.54, 1.807) is 29.2 Å². The minimum absolute atomic E-state index is 0.162. The Morgan fingerprint density at radius 3 is 2.92 bits per heavy atom. The lowest BCUT2D eigenvalue weighted by Gasteiger charge is -2.11. The van der Waals surface area contributed by atoms with Crippen LogP contribution in [0.25, 0.3) is 5.69 Å². The highest BCUT2D eigenvalue weighted by Crippen LogP contribution is 2.28. The number of hydrogen-bond acceptors (Lipinski definition) is 8. The van der Waals surface area contributed by atoms with Crippen molar-refractivity contribution in [2.75, 3.05) is 17.3 Å². The van der Waals surface area contributed by atoms with Gasteiger partial charge in [-0.25, -0.2) is 9.67 Å². The Morgan fingerprint density at radius 1 is 1.38 bits per heavy atom. The molecule has 11 heteroatoms. The Morgan fingerprint density at radius 2 is 2.21 bits per heavy atom. The minimum atomic E-state index is -0.162. The Bertz CT molecular complexity index is 838. The smallest absolute Gasteiger partial charge is 0.234 e. The molecule has 1 N–H and O–H groups in total. The van der Waals surface area contributed by atoms with Crippen LogP contribution < -0.4 is 5.32 Å². The molecule has 24 heavy (non-hydrogen) atoms. The number of nitrogens with one attached hydrogen (secondary N) is 1. The minimum Gasteiger partial charge on any atom is -0.323 e. The van der Waals surface area contributed by atoms with E-state index < -0.39 is 0 Å². The second kappa shape index (κ2) is 7.97. The van der Waals surface area contributed by atoms with Crippen LogP contribution in [0.4, 0.5) is 5.69 Å². The molecule has 0 radical (unpaired) electrons. The fourth-order valence-electron chi connectivity index (χ4n) is 1.79. The molecule has 124 valence electrons. The van der Waals surface area contributed by atoms with Gasteiger partial charge in [0.2, 0.25) is 5.91 Å². The van der Waals surface area contributed by atoms with Gasteiger partial charge in [0.1, 0.15) is 12.7 Å². The number of halogens is 1. The summed E-state index contributed by atoms with van der Waals surface area (Å²) in [6.07, 6.45) is 4.92. The zero-order valence-electron chi connectivity index (χ0n) is 12.3. The fourth-order valence-corrected chi connectivity index (χ4v) is 4.20. The van der Waals surface area contributed by atoms with Crippen molar-refractivity contribution in [3.05, 3.63) is 35.9 Å². The molecule has 7 nitrogen and oxygen atoms in total. The number of thioether (sulfide) groups is 2. The molecule has 0 saturated carbocycles. The number of anilines is 1. The van der Waals surface area contributed by atoms with Gasteiger partial charge in [0.15, 0.2) is 8.68 Å². The molecule has 2 heterocycles. The van der Waals surface area contributed by atoms with Crippen LogP contribution in [0.15, 0.2) is 39.5 Å². The first-order chi connectivity index (χ1) is 11.7. The highest BCUT2D eigenvalue weighted by molar-refractivity contribution is 8.03. The van der Waals surface area contributed by atoms with E-state index in [2.05, 4.69) is 25.6 Å². The van der Waals surface area contributed by atoms with Crippen LogP contribution in [0.1, 0.15) is 0 Å². The Kier molecular flexibility index (Phi) is 5.72. The summed E-state index contributed by atoms with van der Waals surface area (Å²) in [5, 5.41) is 15.5. The molecule has 3 rings (SSSR count). The average molecular weight is 399 g/mol. The molecule has 1 aromatic carbocycles. The zero-order valence-corrected chi connectivity index (χ0v) is 15.5. The first-order valence-corrected chi connectivity index (χ1v) is 10.0. The fraction of sp³-hybridized carbons (Fsp3) is 0.154. The van der Waals surface area contributed by atoms with Gasteiger partial charge in [-0.15, -0.1) is 10.2 Å². The number of hydrogen-bond donors (Lipinski definition) is 1. The molecule has 0 saturated heterocycles. The van der Waals surface area contributed by atoms with Crippen LogP contribution in [0.3, 0.4) is 0 Å². The second-order valence-corrected chi connectivity index (χ2v) is 8.07. The van der Waals surface area contributed by atoms with Crippen molar-refractivity contribution in [1.29, 1.82) is 0 Å². The van der Waals surface area contributed by atoms with Crippen molar-refractivity contribution >= 4 is 58.1 Å². The van der Waals surface area contributed by atoms with E-state index in [1.165, 1.54) is 41.2 Å². The monoisotopic (exact) mass is 398 g/mol. The Balaban J connectivity index is 1.68. The van der Waals surface area contributed by atoms with Gasteiger partial charge in [-0.2, -0.15) is 5.10 Å². The number of rotatable bonds is 6. The summed E-state index contributed by atoms with van der Waals surface area (Å²) in [5.41, 5.74) is 1.26. The Hall–Kier alpha value is -1.62. The van der Waals surface area contributed by atoms with Gasteiger partial charge in [0, 0.05) is 5.02 Å². The van der Waals surface area contributed by atoms with Crippen molar-refractivity contribution in [2.24, 2.45) is 0 Å². The van der Waals surface area contributed by atoms with Crippen LogP contribution in [0.5, 0.6) is 0 Å². The maximum Gasteiger partial charge on any atom is 0.234 e. The van der Waals surface area contributed by atoms with Crippen molar-refractivity contribution in [2.45, 2.75) is 8.68 Å². The number of carbonyl (C=O) groups excluding carboxylic acids is 1. The topological polar surface area (TPSA) is 85.6 Å². The summed E-state index contributed by atoms with van der Waals surface area (Å²) in [5.74, 6) is 0.0660. The summed E-state index contributed by atoms with van der Waals surface area (Å²) in [6, 6.07) is 5.18. The zero-order chi connectivity index (χ0) is 16.9. The predicted octanol–water partition coefficient (Wildman–Crippen LogP) is 3.22. The summed E-state index contributed by atoms with van der Waals surface area (Å²) in [4.78, 5) is 16.1. The van der Waals surface area contributed by atoms with Crippen LogP contribution in [-0.4, -0.2) is 42.9 Å². The second-order valence-electron chi connectivity index (χ2n) is 4.38. The summed E-state index contributed by atoms with van der Waals surface area (Å²) >= 11 is 10.4. The van der Waals surface area contributed by atoms with E-state index >= 15 is 0 Å². The molecular weight excluding hydrogens is 388 g/mol. The lowest BCUT2D eigenvalue weighted by molar-refractivity contribution is -0.113. The van der Waals surface area contributed by atoms with Gasteiger partial charge < -0.3 is 5.32 Å². The first-order valence-electron chi connectivity index (χ1n) is 6.60. The van der Waals surface area contributed by atoms with E-state index in [1.807, 2.05) is 6.26 Å². The molecule has 0 spiro atoms. The van der Waals surface area contributed by atoms with E-state index in [-0.39, 0.29) is 11.7 Å². The lowest BCUT2D eigenvalue weighted by atomic mass is 10.2. The van der Waals surface area contributed by atoms with Crippen molar-refractivity contribution in [3.8, 4) is 5.69 Å². The van der Waals surface area contributed by atoms with E-state index in [4.69, 9.17) is 11.6 Å². The molecule has 3 aromatic rings. The van der Waals surface area contributed by atoms with E-state index in [0.717, 1.165) is 8.68 Å². The molecule has 0 fully saturated rings. The lowest BCUT2D eigenvalue weighted by Crippen LogP contribution is -2.16. The van der Waals surface area contributed by atoms with Gasteiger partial charge >= 0.3 is 0 Å².